The van der Waals surface area contributed by atoms with Gasteiger partial charge in [0, 0.05) is 56.5 Å². The van der Waals surface area contributed by atoms with E-state index in [0.29, 0.717) is 5.82 Å². The van der Waals surface area contributed by atoms with Gasteiger partial charge in [0.05, 0.1) is 0 Å². The van der Waals surface area contributed by atoms with Gasteiger partial charge in [0.1, 0.15) is 5.82 Å². The van der Waals surface area contributed by atoms with E-state index in [2.05, 4.69) is 19.5 Å². The summed E-state index contributed by atoms with van der Waals surface area (Å²) in [6, 6.07) is 7.12. The van der Waals surface area contributed by atoms with Gasteiger partial charge in [0.25, 0.3) is 0 Å². The van der Waals surface area contributed by atoms with Crippen LogP contribution in [-0.2, 0) is 6.54 Å². The van der Waals surface area contributed by atoms with Crippen molar-refractivity contribution in [2.24, 2.45) is 0 Å². The Balaban J connectivity index is 1.54. The molecule has 0 radical (unpaired) electrons. The first-order valence-corrected chi connectivity index (χ1v) is 8.56. The molecule has 0 aliphatic carbocycles. The Morgan fingerprint density at radius 3 is 2.80 bits per heavy atom. The van der Waals surface area contributed by atoms with Gasteiger partial charge >= 0.3 is 0 Å². The Bertz CT molecular complexity index is 833. The lowest BCUT2D eigenvalue weighted by molar-refractivity contribution is 0.467. The van der Waals surface area contributed by atoms with E-state index in [1.54, 1.807) is 24.7 Å². The van der Waals surface area contributed by atoms with E-state index < -0.39 is 0 Å². The fraction of sp³-hybridized carbons (Fsp3) is 0.316. The van der Waals surface area contributed by atoms with Crippen LogP contribution in [0.2, 0.25) is 0 Å². The molecule has 5 nitrogen and oxygen atoms in total. The predicted molar refractivity (Wildman–Crippen MR) is 93.9 cm³/mol. The van der Waals surface area contributed by atoms with Gasteiger partial charge in [0.2, 0.25) is 0 Å². The number of piperidine rings is 1. The van der Waals surface area contributed by atoms with Gasteiger partial charge in [-0.1, -0.05) is 0 Å². The van der Waals surface area contributed by atoms with E-state index in [4.69, 9.17) is 0 Å². The fourth-order valence-corrected chi connectivity index (χ4v) is 3.49. The first kappa shape index (κ1) is 15.7. The van der Waals surface area contributed by atoms with Crippen LogP contribution in [0.25, 0.3) is 0 Å². The zero-order chi connectivity index (χ0) is 17.1. The highest BCUT2D eigenvalue weighted by molar-refractivity contribution is 5.40. The van der Waals surface area contributed by atoms with Crippen LogP contribution in [0.3, 0.4) is 0 Å². The van der Waals surface area contributed by atoms with Crippen LogP contribution >= 0.6 is 0 Å². The van der Waals surface area contributed by atoms with Crippen LogP contribution in [0.4, 0.5) is 10.2 Å². The van der Waals surface area contributed by atoms with Crippen molar-refractivity contribution in [3.05, 3.63) is 72.5 Å². The number of anilines is 1. The lowest BCUT2D eigenvalue weighted by atomic mass is 9.97. The maximum absolute atomic E-state index is 14.1. The van der Waals surface area contributed by atoms with Crippen molar-refractivity contribution in [2.45, 2.75) is 25.3 Å². The molecule has 0 N–H and O–H groups in total. The normalized spacial score (nSPS) is 17.6. The Kier molecular flexibility index (Phi) is 4.41. The van der Waals surface area contributed by atoms with Crippen LogP contribution in [0.1, 0.15) is 30.1 Å². The summed E-state index contributed by atoms with van der Waals surface area (Å²) in [6.45, 7) is 2.34. The molecule has 4 heterocycles. The zero-order valence-electron chi connectivity index (χ0n) is 13.9. The molecule has 0 spiro atoms. The van der Waals surface area contributed by atoms with Crippen molar-refractivity contribution in [1.29, 1.82) is 0 Å². The van der Waals surface area contributed by atoms with E-state index in [1.807, 2.05) is 29.4 Å². The van der Waals surface area contributed by atoms with Gasteiger partial charge in [-0.3, -0.25) is 4.98 Å². The number of hydrogen-bond donors (Lipinski definition) is 0. The maximum Gasteiger partial charge on any atom is 0.165 e. The summed E-state index contributed by atoms with van der Waals surface area (Å²) in [5.41, 5.74) is 1.19. The van der Waals surface area contributed by atoms with Gasteiger partial charge in [-0.15, -0.1) is 0 Å². The number of hydrogen-bond acceptors (Lipinski definition) is 4. The Hall–Kier alpha value is -2.76. The predicted octanol–water partition coefficient (Wildman–Crippen LogP) is 3.24. The summed E-state index contributed by atoms with van der Waals surface area (Å²) in [5.74, 6) is 1.51. The molecule has 4 rings (SSSR count). The Morgan fingerprint density at radius 2 is 1.96 bits per heavy atom. The van der Waals surface area contributed by atoms with Gasteiger partial charge in [0.15, 0.2) is 11.6 Å². The molecular weight excluding hydrogens is 317 g/mol. The second-order valence-electron chi connectivity index (χ2n) is 6.36. The van der Waals surface area contributed by atoms with Crippen molar-refractivity contribution >= 4 is 5.82 Å². The van der Waals surface area contributed by atoms with Crippen molar-refractivity contribution in [3.63, 3.8) is 0 Å². The molecule has 128 valence electrons. The number of imidazole rings is 1. The maximum atomic E-state index is 14.1. The molecule has 1 atom stereocenters. The molecule has 1 saturated heterocycles. The zero-order valence-corrected chi connectivity index (χ0v) is 13.9. The summed E-state index contributed by atoms with van der Waals surface area (Å²) in [5, 5.41) is 0. The minimum atomic E-state index is -0.261. The lowest BCUT2D eigenvalue weighted by Crippen LogP contribution is -2.36. The fourth-order valence-electron chi connectivity index (χ4n) is 3.49. The molecule has 0 aromatic carbocycles. The largest absolute Gasteiger partial charge is 0.353 e. The topological polar surface area (TPSA) is 46.8 Å². The first-order valence-electron chi connectivity index (χ1n) is 8.56. The van der Waals surface area contributed by atoms with Crippen molar-refractivity contribution in [3.8, 4) is 0 Å². The molecule has 6 heteroatoms. The summed E-state index contributed by atoms with van der Waals surface area (Å²) in [4.78, 5) is 14.9. The summed E-state index contributed by atoms with van der Waals surface area (Å²) >= 11 is 0. The second-order valence-corrected chi connectivity index (χ2v) is 6.36. The SMILES string of the molecule is Fc1cccnc1N1CCC[C@@H](c2nccn2Cc2ccncc2)C1. The Morgan fingerprint density at radius 1 is 1.08 bits per heavy atom. The molecule has 3 aromatic rings. The lowest BCUT2D eigenvalue weighted by Gasteiger charge is -2.33. The molecule has 0 amide bonds. The van der Waals surface area contributed by atoms with Crippen LogP contribution in [-0.4, -0.2) is 32.6 Å². The van der Waals surface area contributed by atoms with Crippen LogP contribution in [0, 0.1) is 5.82 Å². The third-order valence-electron chi connectivity index (χ3n) is 4.68. The highest BCUT2D eigenvalue weighted by Gasteiger charge is 2.26. The minimum absolute atomic E-state index is 0.261. The molecule has 0 unspecified atom stereocenters. The van der Waals surface area contributed by atoms with E-state index in [9.17, 15) is 4.39 Å². The third kappa shape index (κ3) is 3.38. The van der Waals surface area contributed by atoms with Crippen molar-refractivity contribution < 1.29 is 4.39 Å². The van der Waals surface area contributed by atoms with Crippen LogP contribution < -0.4 is 4.90 Å². The van der Waals surface area contributed by atoms with Gasteiger partial charge in [-0.05, 0) is 42.7 Å². The van der Waals surface area contributed by atoms with Crippen LogP contribution in [0.5, 0.6) is 0 Å². The number of nitrogens with zero attached hydrogens (tertiary/aromatic N) is 5. The number of pyridine rings is 2. The number of rotatable bonds is 4. The Labute approximate surface area is 146 Å². The minimum Gasteiger partial charge on any atom is -0.353 e. The second kappa shape index (κ2) is 7.01. The molecule has 0 saturated carbocycles. The molecule has 0 bridgehead atoms. The average molecular weight is 337 g/mol. The number of halogens is 1. The van der Waals surface area contributed by atoms with Crippen molar-refractivity contribution in [2.75, 3.05) is 18.0 Å². The van der Waals surface area contributed by atoms with E-state index in [1.165, 1.54) is 11.6 Å². The summed E-state index contributed by atoms with van der Waals surface area (Å²) in [7, 11) is 0. The first-order chi connectivity index (χ1) is 12.3. The van der Waals surface area contributed by atoms with Crippen molar-refractivity contribution in [1.82, 2.24) is 19.5 Å². The highest BCUT2D eigenvalue weighted by atomic mass is 19.1. The van der Waals surface area contributed by atoms with E-state index in [0.717, 1.165) is 38.3 Å². The monoisotopic (exact) mass is 337 g/mol. The average Bonchev–Trinajstić information content (AvgIpc) is 3.11. The highest BCUT2D eigenvalue weighted by Crippen LogP contribution is 2.29. The van der Waals surface area contributed by atoms with E-state index >= 15 is 0 Å². The molecule has 1 aliphatic heterocycles. The van der Waals surface area contributed by atoms with Gasteiger partial charge < -0.3 is 9.47 Å². The number of aromatic nitrogens is 4. The molecule has 1 fully saturated rings. The smallest absolute Gasteiger partial charge is 0.165 e. The van der Waals surface area contributed by atoms with Gasteiger partial charge in [-0.25, -0.2) is 14.4 Å². The molecule has 25 heavy (non-hydrogen) atoms. The third-order valence-corrected chi connectivity index (χ3v) is 4.68. The molecule has 3 aromatic heterocycles. The molecule has 1 aliphatic rings. The quantitative estimate of drug-likeness (QED) is 0.733. The van der Waals surface area contributed by atoms with Gasteiger partial charge in [-0.2, -0.15) is 0 Å². The standard InChI is InChI=1S/C19H20FN5/c20-17-4-1-7-22-19(17)24-11-2-3-16(14-24)18-23-10-12-25(18)13-15-5-8-21-9-6-15/h1,4-10,12,16H,2-3,11,13-14H2/t16-/m1/s1. The molecular formula is C19H20FN5. The summed E-state index contributed by atoms with van der Waals surface area (Å²) < 4.78 is 16.3. The summed E-state index contributed by atoms with van der Waals surface area (Å²) in [6.07, 6.45) is 11.2. The van der Waals surface area contributed by atoms with Crippen LogP contribution in [0.15, 0.2) is 55.2 Å². The van der Waals surface area contributed by atoms with E-state index in [-0.39, 0.29) is 11.7 Å².